The van der Waals surface area contributed by atoms with E-state index >= 15 is 0 Å². The van der Waals surface area contributed by atoms with Crippen LogP contribution >= 0.6 is 0 Å². The van der Waals surface area contributed by atoms with Gasteiger partial charge in [-0.3, -0.25) is 4.98 Å². The van der Waals surface area contributed by atoms with E-state index in [1.54, 1.807) is 6.20 Å². The maximum absolute atomic E-state index is 10.1. The van der Waals surface area contributed by atoms with Crippen LogP contribution in [0.15, 0.2) is 24.5 Å². The van der Waals surface area contributed by atoms with Gasteiger partial charge in [0.15, 0.2) is 0 Å². The van der Waals surface area contributed by atoms with E-state index in [0.717, 1.165) is 32.2 Å². The van der Waals surface area contributed by atoms with Crippen LogP contribution < -0.4 is 5.32 Å². The summed E-state index contributed by atoms with van der Waals surface area (Å²) in [7, 11) is 0. The summed E-state index contributed by atoms with van der Waals surface area (Å²) < 4.78 is 0. The summed E-state index contributed by atoms with van der Waals surface area (Å²) in [5.74, 6) is 0. The Kier molecular flexibility index (Phi) is 3.34. The van der Waals surface area contributed by atoms with Crippen LogP contribution in [0.1, 0.15) is 31.2 Å². The van der Waals surface area contributed by atoms with Gasteiger partial charge in [0.05, 0.1) is 5.60 Å². The van der Waals surface area contributed by atoms with Gasteiger partial charge in [0.25, 0.3) is 0 Å². The van der Waals surface area contributed by atoms with E-state index in [-0.39, 0.29) is 0 Å². The first kappa shape index (κ1) is 10.6. The first-order chi connectivity index (χ1) is 7.29. The number of pyridine rings is 1. The topological polar surface area (TPSA) is 45.1 Å². The number of hydrogen-bond acceptors (Lipinski definition) is 3. The van der Waals surface area contributed by atoms with E-state index in [9.17, 15) is 5.11 Å². The van der Waals surface area contributed by atoms with Gasteiger partial charge < -0.3 is 10.4 Å². The zero-order chi connectivity index (χ0) is 10.6. The van der Waals surface area contributed by atoms with E-state index in [2.05, 4.69) is 10.3 Å². The normalized spacial score (nSPS) is 19.3. The summed E-state index contributed by atoms with van der Waals surface area (Å²) in [5.41, 5.74) is 0.710. The molecule has 1 fully saturated rings. The zero-order valence-corrected chi connectivity index (χ0v) is 8.95. The van der Waals surface area contributed by atoms with E-state index < -0.39 is 5.60 Å². The number of hydrogen-bond donors (Lipinski definition) is 2. The van der Waals surface area contributed by atoms with E-state index in [4.69, 9.17) is 0 Å². The van der Waals surface area contributed by atoms with Crippen molar-refractivity contribution < 1.29 is 5.11 Å². The first-order valence-electron chi connectivity index (χ1n) is 5.61. The lowest BCUT2D eigenvalue weighted by atomic mass is 10.0. The lowest BCUT2D eigenvalue weighted by Gasteiger charge is -2.22. The molecule has 0 radical (unpaired) electrons. The molecular weight excluding hydrogens is 188 g/mol. The monoisotopic (exact) mass is 206 g/mol. The van der Waals surface area contributed by atoms with E-state index in [1.807, 2.05) is 18.3 Å². The Morgan fingerprint density at radius 3 is 2.87 bits per heavy atom. The van der Waals surface area contributed by atoms with Gasteiger partial charge in [-0.15, -0.1) is 0 Å². The molecule has 1 aromatic heterocycles. The van der Waals surface area contributed by atoms with Crippen molar-refractivity contribution in [2.75, 3.05) is 6.54 Å². The van der Waals surface area contributed by atoms with Crippen LogP contribution in [0, 0.1) is 0 Å². The summed E-state index contributed by atoms with van der Waals surface area (Å²) >= 11 is 0. The van der Waals surface area contributed by atoms with Crippen molar-refractivity contribution in [1.29, 1.82) is 0 Å². The van der Waals surface area contributed by atoms with Gasteiger partial charge in [0.1, 0.15) is 0 Å². The second-order valence-electron chi connectivity index (χ2n) is 4.40. The molecule has 1 aliphatic carbocycles. The minimum absolute atomic E-state index is 0.456. The molecule has 0 atom stereocenters. The van der Waals surface area contributed by atoms with Crippen LogP contribution in [0.4, 0.5) is 0 Å². The molecule has 1 heterocycles. The van der Waals surface area contributed by atoms with Crippen molar-refractivity contribution in [3.63, 3.8) is 0 Å². The number of nitrogens with one attached hydrogen (secondary N) is 1. The second kappa shape index (κ2) is 4.73. The molecule has 0 spiro atoms. The largest absolute Gasteiger partial charge is 0.389 e. The van der Waals surface area contributed by atoms with Gasteiger partial charge in [0.2, 0.25) is 0 Å². The molecular formula is C12H18N2O. The molecule has 1 aromatic rings. The Bertz CT molecular complexity index is 294. The highest BCUT2D eigenvalue weighted by atomic mass is 16.3. The first-order valence-corrected chi connectivity index (χ1v) is 5.61. The van der Waals surface area contributed by atoms with Crippen LogP contribution in [0.2, 0.25) is 0 Å². The molecule has 2 N–H and O–H groups in total. The number of aliphatic hydroxyl groups is 1. The lowest BCUT2D eigenvalue weighted by Crippen LogP contribution is -2.37. The molecule has 15 heavy (non-hydrogen) atoms. The van der Waals surface area contributed by atoms with Crippen molar-refractivity contribution in [1.82, 2.24) is 10.3 Å². The van der Waals surface area contributed by atoms with Gasteiger partial charge in [-0.05, 0) is 24.5 Å². The standard InChI is InChI=1S/C12H18N2O/c15-12(5-1-2-6-12)10-14-9-11-4-3-7-13-8-11/h3-4,7-8,14-15H,1-2,5-6,9-10H2. The van der Waals surface area contributed by atoms with Crippen LogP contribution in [-0.2, 0) is 6.54 Å². The molecule has 2 rings (SSSR count). The summed E-state index contributed by atoms with van der Waals surface area (Å²) in [6.45, 7) is 1.48. The highest BCUT2D eigenvalue weighted by Gasteiger charge is 2.30. The quantitative estimate of drug-likeness (QED) is 0.784. The molecule has 0 unspecified atom stereocenters. The number of nitrogens with zero attached hydrogens (tertiary/aromatic N) is 1. The Morgan fingerprint density at radius 1 is 1.40 bits per heavy atom. The SMILES string of the molecule is OC1(CNCc2cccnc2)CCCC1. The number of rotatable bonds is 4. The fourth-order valence-electron chi connectivity index (χ4n) is 2.15. The van der Waals surface area contributed by atoms with Crippen molar-refractivity contribution in [3.05, 3.63) is 30.1 Å². The maximum Gasteiger partial charge on any atom is 0.0771 e. The molecule has 0 aromatic carbocycles. The molecule has 82 valence electrons. The molecule has 3 nitrogen and oxygen atoms in total. The van der Waals surface area contributed by atoms with Gasteiger partial charge in [0, 0.05) is 25.5 Å². The molecule has 3 heteroatoms. The molecule has 1 saturated carbocycles. The molecule has 0 aliphatic heterocycles. The van der Waals surface area contributed by atoms with Gasteiger partial charge in [-0.1, -0.05) is 18.9 Å². The average molecular weight is 206 g/mol. The fraction of sp³-hybridized carbons (Fsp3) is 0.583. The molecule has 0 bridgehead atoms. The maximum atomic E-state index is 10.1. The Balaban J connectivity index is 1.75. The molecule has 1 aliphatic rings. The minimum Gasteiger partial charge on any atom is -0.389 e. The number of aromatic nitrogens is 1. The van der Waals surface area contributed by atoms with Crippen LogP contribution in [0.5, 0.6) is 0 Å². The zero-order valence-electron chi connectivity index (χ0n) is 8.95. The van der Waals surface area contributed by atoms with Crippen LogP contribution in [-0.4, -0.2) is 22.2 Å². The smallest absolute Gasteiger partial charge is 0.0771 e. The minimum atomic E-state index is -0.456. The summed E-state index contributed by atoms with van der Waals surface area (Å²) in [4.78, 5) is 4.05. The summed E-state index contributed by atoms with van der Waals surface area (Å²) in [5, 5.41) is 13.4. The van der Waals surface area contributed by atoms with Gasteiger partial charge in [-0.25, -0.2) is 0 Å². The molecule has 0 amide bonds. The van der Waals surface area contributed by atoms with Crippen molar-refractivity contribution in [3.8, 4) is 0 Å². The predicted octanol–water partition coefficient (Wildman–Crippen LogP) is 1.48. The summed E-state index contributed by atoms with van der Waals surface area (Å²) in [6, 6.07) is 3.97. The van der Waals surface area contributed by atoms with Gasteiger partial charge >= 0.3 is 0 Å². The average Bonchev–Trinajstić information content (AvgIpc) is 2.67. The van der Waals surface area contributed by atoms with E-state index in [1.165, 1.54) is 5.56 Å². The fourth-order valence-corrected chi connectivity index (χ4v) is 2.15. The van der Waals surface area contributed by atoms with Crippen molar-refractivity contribution in [2.24, 2.45) is 0 Å². The Labute approximate surface area is 90.5 Å². The van der Waals surface area contributed by atoms with E-state index in [0.29, 0.717) is 6.54 Å². The second-order valence-corrected chi connectivity index (χ2v) is 4.40. The van der Waals surface area contributed by atoms with Crippen molar-refractivity contribution >= 4 is 0 Å². The predicted molar refractivity (Wildman–Crippen MR) is 59.4 cm³/mol. The van der Waals surface area contributed by atoms with Crippen LogP contribution in [0.25, 0.3) is 0 Å². The highest BCUT2D eigenvalue weighted by molar-refractivity contribution is 5.08. The lowest BCUT2D eigenvalue weighted by molar-refractivity contribution is 0.0475. The highest BCUT2D eigenvalue weighted by Crippen LogP contribution is 2.28. The summed E-state index contributed by atoms with van der Waals surface area (Å²) in [6.07, 6.45) is 7.82. The van der Waals surface area contributed by atoms with Crippen molar-refractivity contribution in [2.45, 2.75) is 37.8 Å². The molecule has 0 saturated heterocycles. The Morgan fingerprint density at radius 2 is 2.20 bits per heavy atom. The van der Waals surface area contributed by atoms with Gasteiger partial charge in [-0.2, -0.15) is 0 Å². The van der Waals surface area contributed by atoms with Crippen LogP contribution in [0.3, 0.4) is 0 Å². The third-order valence-corrected chi connectivity index (χ3v) is 3.04. The third kappa shape index (κ3) is 3.01. The Hall–Kier alpha value is -0.930. The third-order valence-electron chi connectivity index (χ3n) is 3.04.